The van der Waals surface area contributed by atoms with Crippen LogP contribution in [0.1, 0.15) is 19.4 Å². The Morgan fingerprint density at radius 1 is 1.00 bits per heavy atom. The number of benzene rings is 3. The van der Waals surface area contributed by atoms with Gasteiger partial charge in [0.2, 0.25) is 11.8 Å². The molecule has 7 nitrogen and oxygen atoms in total. The van der Waals surface area contributed by atoms with E-state index in [2.05, 4.69) is 21.2 Å². The summed E-state index contributed by atoms with van der Waals surface area (Å²) in [5.41, 5.74) is 0.868. The highest BCUT2D eigenvalue weighted by Crippen LogP contribution is 2.27. The van der Waals surface area contributed by atoms with E-state index in [1.165, 1.54) is 17.0 Å². The van der Waals surface area contributed by atoms with Gasteiger partial charge in [0.05, 0.1) is 10.6 Å². The topological polar surface area (TPSA) is 86.8 Å². The molecule has 0 fully saturated rings. The van der Waals surface area contributed by atoms with Gasteiger partial charge in [-0.25, -0.2) is 8.42 Å². The van der Waals surface area contributed by atoms with Crippen molar-refractivity contribution in [3.63, 3.8) is 0 Å². The summed E-state index contributed by atoms with van der Waals surface area (Å²) >= 11 is 15.7. The Hall–Kier alpha value is -2.59. The minimum atomic E-state index is -4.11. The third-order valence-electron chi connectivity index (χ3n) is 5.60. The molecule has 1 atom stereocenters. The van der Waals surface area contributed by atoms with E-state index < -0.39 is 28.5 Å². The van der Waals surface area contributed by atoms with Crippen molar-refractivity contribution >= 4 is 66.7 Å². The minimum Gasteiger partial charge on any atom is -0.355 e. The second kappa shape index (κ2) is 12.8. The van der Waals surface area contributed by atoms with Crippen molar-refractivity contribution in [1.29, 1.82) is 0 Å². The molecule has 0 saturated carbocycles. The second-order valence-corrected chi connectivity index (χ2v) is 11.8. The van der Waals surface area contributed by atoms with Crippen LogP contribution in [-0.2, 0) is 26.2 Å². The predicted octanol–water partition coefficient (Wildman–Crippen LogP) is 5.50. The van der Waals surface area contributed by atoms with Crippen LogP contribution in [0.15, 0.2) is 82.2 Å². The number of likely N-dealkylation sites (N-methyl/N-ethyl adjacent to an activating group) is 1. The normalized spacial score (nSPS) is 12.0. The Morgan fingerprint density at radius 3 is 2.24 bits per heavy atom. The van der Waals surface area contributed by atoms with E-state index in [4.69, 9.17) is 23.2 Å². The van der Waals surface area contributed by atoms with E-state index in [9.17, 15) is 18.0 Å². The summed E-state index contributed by atoms with van der Waals surface area (Å²) in [6, 6.07) is 18.4. The Balaban J connectivity index is 2.03. The SMILES string of the molecule is CCNC(=O)C(C)N(Cc1ccc(Cl)cc1Cl)C(=O)CN(c1ccc(Br)cc1)S(=O)(=O)c1ccccc1. The summed E-state index contributed by atoms with van der Waals surface area (Å²) in [5, 5.41) is 3.47. The number of hydrogen-bond donors (Lipinski definition) is 1. The van der Waals surface area contributed by atoms with Gasteiger partial charge in [-0.15, -0.1) is 0 Å². The lowest BCUT2D eigenvalue weighted by Gasteiger charge is -2.32. The van der Waals surface area contributed by atoms with Crippen molar-refractivity contribution in [3.8, 4) is 0 Å². The summed E-state index contributed by atoms with van der Waals surface area (Å²) in [5.74, 6) is -0.950. The van der Waals surface area contributed by atoms with Gasteiger partial charge in [-0.05, 0) is 67.9 Å². The van der Waals surface area contributed by atoms with Crippen molar-refractivity contribution in [1.82, 2.24) is 10.2 Å². The fourth-order valence-electron chi connectivity index (χ4n) is 3.59. The quantitative estimate of drug-likeness (QED) is 0.322. The Morgan fingerprint density at radius 2 is 1.65 bits per heavy atom. The molecule has 2 amide bonds. The van der Waals surface area contributed by atoms with E-state index in [1.54, 1.807) is 74.5 Å². The maximum absolute atomic E-state index is 13.8. The van der Waals surface area contributed by atoms with Crippen molar-refractivity contribution in [2.45, 2.75) is 31.3 Å². The number of nitrogens with zero attached hydrogens (tertiary/aromatic N) is 2. The molecule has 196 valence electrons. The van der Waals surface area contributed by atoms with Crippen LogP contribution in [0.3, 0.4) is 0 Å². The highest BCUT2D eigenvalue weighted by atomic mass is 79.9. The smallest absolute Gasteiger partial charge is 0.264 e. The number of halogens is 3. The molecule has 0 spiro atoms. The second-order valence-electron chi connectivity index (χ2n) is 8.13. The molecule has 37 heavy (non-hydrogen) atoms. The van der Waals surface area contributed by atoms with E-state index in [0.717, 1.165) is 8.78 Å². The third kappa shape index (κ3) is 7.25. The van der Waals surface area contributed by atoms with E-state index >= 15 is 0 Å². The van der Waals surface area contributed by atoms with Gasteiger partial charge >= 0.3 is 0 Å². The van der Waals surface area contributed by atoms with E-state index in [0.29, 0.717) is 27.8 Å². The van der Waals surface area contributed by atoms with Gasteiger partial charge in [0.25, 0.3) is 10.0 Å². The molecular weight excluding hydrogens is 601 g/mol. The lowest BCUT2D eigenvalue weighted by atomic mass is 10.1. The molecule has 1 N–H and O–H groups in total. The summed E-state index contributed by atoms with van der Waals surface area (Å²) in [6.07, 6.45) is 0. The number of hydrogen-bond acceptors (Lipinski definition) is 4. The predicted molar refractivity (Wildman–Crippen MR) is 150 cm³/mol. The number of nitrogens with one attached hydrogen (secondary N) is 1. The summed E-state index contributed by atoms with van der Waals surface area (Å²) < 4.78 is 29.1. The molecule has 3 rings (SSSR count). The Kier molecular flexibility index (Phi) is 10.0. The molecule has 0 bridgehead atoms. The summed E-state index contributed by atoms with van der Waals surface area (Å²) in [6.45, 7) is 3.18. The van der Waals surface area contributed by atoms with Gasteiger partial charge in [0.1, 0.15) is 12.6 Å². The molecule has 1 unspecified atom stereocenters. The zero-order valence-corrected chi connectivity index (χ0v) is 24.1. The molecule has 11 heteroatoms. The highest BCUT2D eigenvalue weighted by molar-refractivity contribution is 9.10. The first-order valence-electron chi connectivity index (χ1n) is 11.4. The van der Waals surface area contributed by atoms with Crippen LogP contribution in [0.25, 0.3) is 0 Å². The van der Waals surface area contributed by atoms with Crippen LogP contribution in [0.2, 0.25) is 10.0 Å². The van der Waals surface area contributed by atoms with Gasteiger partial charge in [-0.2, -0.15) is 0 Å². The van der Waals surface area contributed by atoms with Crippen LogP contribution in [0, 0.1) is 0 Å². The molecule has 0 radical (unpaired) electrons. The van der Waals surface area contributed by atoms with Crippen molar-refractivity contribution < 1.29 is 18.0 Å². The number of carbonyl (C=O) groups is 2. The molecular formula is C26H26BrCl2N3O4S. The average Bonchev–Trinajstić information content (AvgIpc) is 2.87. The largest absolute Gasteiger partial charge is 0.355 e. The van der Waals surface area contributed by atoms with Gasteiger partial charge in [0.15, 0.2) is 0 Å². The van der Waals surface area contributed by atoms with Gasteiger partial charge < -0.3 is 10.2 Å². The van der Waals surface area contributed by atoms with Crippen LogP contribution in [0.5, 0.6) is 0 Å². The molecule has 0 saturated heterocycles. The highest BCUT2D eigenvalue weighted by Gasteiger charge is 2.32. The first-order valence-corrected chi connectivity index (χ1v) is 14.4. The van der Waals surface area contributed by atoms with Crippen molar-refractivity contribution in [3.05, 3.63) is 92.9 Å². The number of carbonyl (C=O) groups excluding carboxylic acids is 2. The van der Waals surface area contributed by atoms with Crippen LogP contribution in [0.4, 0.5) is 5.69 Å². The molecule has 0 heterocycles. The number of sulfonamides is 1. The number of rotatable bonds is 10. The summed E-state index contributed by atoms with van der Waals surface area (Å²) in [7, 11) is -4.11. The molecule has 3 aromatic rings. The van der Waals surface area contributed by atoms with Crippen LogP contribution < -0.4 is 9.62 Å². The van der Waals surface area contributed by atoms with Crippen LogP contribution >= 0.6 is 39.1 Å². The monoisotopic (exact) mass is 625 g/mol. The Labute approximate surface area is 235 Å². The van der Waals surface area contributed by atoms with Gasteiger partial charge in [-0.1, -0.05) is 63.4 Å². The first-order chi connectivity index (χ1) is 17.5. The molecule has 0 aromatic heterocycles. The van der Waals surface area contributed by atoms with Gasteiger partial charge in [-0.3, -0.25) is 13.9 Å². The Bertz CT molecular complexity index is 1360. The van der Waals surface area contributed by atoms with Crippen molar-refractivity contribution in [2.75, 3.05) is 17.4 Å². The summed E-state index contributed by atoms with van der Waals surface area (Å²) in [4.78, 5) is 27.8. The lowest BCUT2D eigenvalue weighted by molar-refractivity contribution is -0.139. The number of anilines is 1. The van der Waals surface area contributed by atoms with Crippen molar-refractivity contribution in [2.24, 2.45) is 0 Å². The fourth-order valence-corrected chi connectivity index (χ4v) is 5.76. The fraction of sp³-hybridized carbons (Fsp3) is 0.231. The van der Waals surface area contributed by atoms with E-state index in [-0.39, 0.29) is 17.3 Å². The third-order valence-corrected chi connectivity index (χ3v) is 8.50. The minimum absolute atomic E-state index is 0.0211. The first kappa shape index (κ1) is 29.0. The molecule has 0 aliphatic carbocycles. The standard InChI is InChI=1S/C26H26BrCl2N3O4S/c1-3-30-26(34)18(2)31(16-19-9-12-21(28)15-24(19)29)25(33)17-32(22-13-10-20(27)11-14-22)37(35,36)23-7-5-4-6-8-23/h4-15,18H,3,16-17H2,1-2H3,(H,30,34). The zero-order valence-electron chi connectivity index (χ0n) is 20.2. The average molecular weight is 627 g/mol. The number of amides is 2. The molecule has 0 aliphatic rings. The maximum atomic E-state index is 13.8. The van der Waals surface area contributed by atoms with Crippen LogP contribution in [-0.4, -0.2) is 44.3 Å². The lowest BCUT2D eigenvalue weighted by Crippen LogP contribution is -2.51. The van der Waals surface area contributed by atoms with E-state index in [1.807, 2.05) is 0 Å². The van der Waals surface area contributed by atoms with Gasteiger partial charge in [0, 0.05) is 27.6 Å². The molecule has 0 aliphatic heterocycles. The molecule has 3 aromatic carbocycles. The maximum Gasteiger partial charge on any atom is 0.264 e. The zero-order chi connectivity index (χ0) is 27.2.